The minimum atomic E-state index is -4.54. The van der Waals surface area contributed by atoms with Gasteiger partial charge in [-0.05, 0) is 37.1 Å². The molecule has 1 aromatic carbocycles. The first kappa shape index (κ1) is 20.0. The standard InChI is InChI=1S/C17H18ClF3N4O/c1-9(2)8-22-16-23-10(3)6-14(25-16)15(26)24-13-7-11(17(19,20)21)4-5-12(13)18/h4-7,9H,8H2,1-3H3,(H,24,26)(H,22,23,25). The number of nitrogens with zero attached hydrogens (tertiary/aromatic N) is 2. The Kier molecular flexibility index (Phi) is 6.07. The van der Waals surface area contributed by atoms with Gasteiger partial charge in [0.2, 0.25) is 5.95 Å². The van der Waals surface area contributed by atoms with Gasteiger partial charge in [0.25, 0.3) is 5.91 Å². The maximum absolute atomic E-state index is 12.8. The molecule has 0 unspecified atom stereocenters. The Balaban J connectivity index is 2.25. The molecule has 140 valence electrons. The summed E-state index contributed by atoms with van der Waals surface area (Å²) in [6.45, 7) is 6.32. The number of benzene rings is 1. The summed E-state index contributed by atoms with van der Waals surface area (Å²) >= 11 is 5.90. The maximum Gasteiger partial charge on any atom is 0.416 e. The van der Waals surface area contributed by atoms with Crippen LogP contribution in [0.3, 0.4) is 0 Å². The number of halogens is 4. The number of anilines is 2. The number of aryl methyl sites for hydroxylation is 1. The Morgan fingerprint density at radius 1 is 1.23 bits per heavy atom. The van der Waals surface area contributed by atoms with Crippen molar-refractivity contribution in [3.63, 3.8) is 0 Å². The third kappa shape index (κ3) is 5.32. The topological polar surface area (TPSA) is 66.9 Å². The van der Waals surface area contributed by atoms with Crippen LogP contribution in [-0.4, -0.2) is 22.4 Å². The molecule has 0 saturated heterocycles. The van der Waals surface area contributed by atoms with Crippen LogP contribution in [0.5, 0.6) is 0 Å². The van der Waals surface area contributed by atoms with Crippen LogP contribution in [0.2, 0.25) is 5.02 Å². The van der Waals surface area contributed by atoms with Crippen LogP contribution in [0.15, 0.2) is 24.3 Å². The van der Waals surface area contributed by atoms with Gasteiger partial charge in [0, 0.05) is 12.2 Å². The average molecular weight is 387 g/mol. The molecular formula is C17H18ClF3N4O. The minimum absolute atomic E-state index is 0.00437. The molecule has 5 nitrogen and oxygen atoms in total. The van der Waals surface area contributed by atoms with Crippen molar-refractivity contribution < 1.29 is 18.0 Å². The first-order chi connectivity index (χ1) is 12.1. The molecule has 0 aliphatic heterocycles. The molecule has 0 radical (unpaired) electrons. The molecule has 0 bridgehead atoms. The van der Waals surface area contributed by atoms with Gasteiger partial charge < -0.3 is 10.6 Å². The summed E-state index contributed by atoms with van der Waals surface area (Å²) in [6, 6.07) is 4.16. The zero-order chi connectivity index (χ0) is 19.5. The van der Waals surface area contributed by atoms with Crippen LogP contribution < -0.4 is 10.6 Å². The largest absolute Gasteiger partial charge is 0.416 e. The van der Waals surface area contributed by atoms with E-state index in [4.69, 9.17) is 11.6 Å². The molecule has 2 N–H and O–H groups in total. The van der Waals surface area contributed by atoms with Crippen LogP contribution in [0, 0.1) is 12.8 Å². The molecule has 0 aliphatic carbocycles. The predicted octanol–water partition coefficient (Wildman–Crippen LogP) is 4.78. The first-order valence-corrected chi connectivity index (χ1v) is 8.21. The lowest BCUT2D eigenvalue weighted by atomic mass is 10.2. The van der Waals surface area contributed by atoms with E-state index in [-0.39, 0.29) is 22.4 Å². The number of carbonyl (C=O) groups excluding carboxylic acids is 1. The molecule has 0 spiro atoms. The highest BCUT2D eigenvalue weighted by atomic mass is 35.5. The molecule has 2 aromatic rings. The summed E-state index contributed by atoms with van der Waals surface area (Å²) in [6.07, 6.45) is -4.54. The fourth-order valence-electron chi connectivity index (χ4n) is 2.04. The number of alkyl halides is 3. The number of hydrogen-bond donors (Lipinski definition) is 2. The molecule has 26 heavy (non-hydrogen) atoms. The normalized spacial score (nSPS) is 11.5. The summed E-state index contributed by atoms with van der Waals surface area (Å²) in [5.41, 5.74) is -0.474. The van der Waals surface area contributed by atoms with E-state index in [0.717, 1.165) is 18.2 Å². The number of carbonyl (C=O) groups is 1. The Labute approximate surface area is 154 Å². The van der Waals surface area contributed by atoms with Crippen molar-refractivity contribution in [1.82, 2.24) is 9.97 Å². The van der Waals surface area contributed by atoms with Crippen LogP contribution in [0.1, 0.15) is 35.6 Å². The van der Waals surface area contributed by atoms with Gasteiger partial charge in [-0.15, -0.1) is 0 Å². The maximum atomic E-state index is 12.8. The SMILES string of the molecule is Cc1cc(C(=O)Nc2cc(C(F)(F)F)ccc2Cl)nc(NCC(C)C)n1. The summed E-state index contributed by atoms with van der Waals surface area (Å²) in [7, 11) is 0. The van der Waals surface area contributed by atoms with Crippen molar-refractivity contribution >= 4 is 29.1 Å². The smallest absolute Gasteiger partial charge is 0.354 e. The molecule has 0 atom stereocenters. The first-order valence-electron chi connectivity index (χ1n) is 7.84. The van der Waals surface area contributed by atoms with Crippen molar-refractivity contribution in [2.24, 2.45) is 5.92 Å². The molecule has 2 rings (SSSR count). The Hall–Kier alpha value is -2.35. The molecule has 0 aliphatic rings. The fraction of sp³-hybridized carbons (Fsp3) is 0.353. The highest BCUT2D eigenvalue weighted by Crippen LogP contribution is 2.33. The zero-order valence-corrected chi connectivity index (χ0v) is 15.2. The van der Waals surface area contributed by atoms with Gasteiger partial charge in [-0.25, -0.2) is 9.97 Å². The summed E-state index contributed by atoms with van der Waals surface area (Å²) in [5.74, 6) is -0.0522. The zero-order valence-electron chi connectivity index (χ0n) is 14.4. The molecule has 1 heterocycles. The van der Waals surface area contributed by atoms with Crippen LogP contribution in [0.4, 0.5) is 24.8 Å². The Bertz CT molecular complexity index is 809. The lowest BCUT2D eigenvalue weighted by molar-refractivity contribution is -0.137. The van der Waals surface area contributed by atoms with Crippen molar-refractivity contribution in [3.05, 3.63) is 46.2 Å². The number of hydrogen-bond acceptors (Lipinski definition) is 4. The van der Waals surface area contributed by atoms with Gasteiger partial charge in [0.15, 0.2) is 0 Å². The van der Waals surface area contributed by atoms with E-state index in [1.165, 1.54) is 6.07 Å². The van der Waals surface area contributed by atoms with E-state index < -0.39 is 17.6 Å². The fourth-order valence-corrected chi connectivity index (χ4v) is 2.21. The molecule has 0 saturated carbocycles. The summed E-state index contributed by atoms with van der Waals surface area (Å²) in [4.78, 5) is 20.7. The molecule has 0 fully saturated rings. The number of amides is 1. The minimum Gasteiger partial charge on any atom is -0.354 e. The second-order valence-corrected chi connectivity index (χ2v) is 6.55. The highest BCUT2D eigenvalue weighted by Gasteiger charge is 2.31. The van der Waals surface area contributed by atoms with Crippen molar-refractivity contribution in [2.75, 3.05) is 17.2 Å². The van der Waals surface area contributed by atoms with E-state index in [1.54, 1.807) is 6.92 Å². The van der Waals surface area contributed by atoms with Gasteiger partial charge in [0.05, 0.1) is 16.3 Å². The van der Waals surface area contributed by atoms with Crippen molar-refractivity contribution in [2.45, 2.75) is 26.9 Å². The predicted molar refractivity (Wildman–Crippen MR) is 94.5 cm³/mol. The molecular weight excluding hydrogens is 369 g/mol. The lowest BCUT2D eigenvalue weighted by Gasteiger charge is -2.12. The Morgan fingerprint density at radius 2 is 1.92 bits per heavy atom. The third-order valence-electron chi connectivity index (χ3n) is 3.30. The number of rotatable bonds is 5. The third-order valence-corrected chi connectivity index (χ3v) is 3.63. The van der Waals surface area contributed by atoms with E-state index in [2.05, 4.69) is 20.6 Å². The second kappa shape index (κ2) is 7.90. The van der Waals surface area contributed by atoms with Gasteiger partial charge >= 0.3 is 6.18 Å². The van der Waals surface area contributed by atoms with E-state index in [1.807, 2.05) is 13.8 Å². The van der Waals surface area contributed by atoms with Gasteiger partial charge in [-0.2, -0.15) is 13.2 Å². The number of nitrogens with one attached hydrogen (secondary N) is 2. The Morgan fingerprint density at radius 3 is 2.54 bits per heavy atom. The van der Waals surface area contributed by atoms with Crippen molar-refractivity contribution in [1.29, 1.82) is 0 Å². The van der Waals surface area contributed by atoms with E-state index >= 15 is 0 Å². The summed E-state index contributed by atoms with van der Waals surface area (Å²) in [5, 5.41) is 5.37. The monoisotopic (exact) mass is 386 g/mol. The van der Waals surface area contributed by atoms with E-state index in [0.29, 0.717) is 18.2 Å². The lowest BCUT2D eigenvalue weighted by Crippen LogP contribution is -2.18. The number of aromatic nitrogens is 2. The molecule has 9 heteroatoms. The second-order valence-electron chi connectivity index (χ2n) is 6.14. The quantitative estimate of drug-likeness (QED) is 0.776. The van der Waals surface area contributed by atoms with E-state index in [9.17, 15) is 18.0 Å². The van der Waals surface area contributed by atoms with Crippen LogP contribution in [0.25, 0.3) is 0 Å². The van der Waals surface area contributed by atoms with Crippen molar-refractivity contribution in [3.8, 4) is 0 Å². The van der Waals surface area contributed by atoms with Crippen LogP contribution in [-0.2, 0) is 6.18 Å². The van der Waals surface area contributed by atoms with Gasteiger partial charge in [-0.3, -0.25) is 4.79 Å². The van der Waals surface area contributed by atoms with Gasteiger partial charge in [0.1, 0.15) is 5.69 Å². The summed E-state index contributed by atoms with van der Waals surface area (Å²) < 4.78 is 38.5. The molecule has 1 aromatic heterocycles. The molecule has 1 amide bonds. The highest BCUT2D eigenvalue weighted by molar-refractivity contribution is 6.33. The average Bonchev–Trinajstić information content (AvgIpc) is 2.53. The van der Waals surface area contributed by atoms with Crippen LogP contribution >= 0.6 is 11.6 Å². The van der Waals surface area contributed by atoms with Gasteiger partial charge in [-0.1, -0.05) is 25.4 Å².